The van der Waals surface area contributed by atoms with Crippen molar-refractivity contribution in [3.63, 3.8) is 0 Å². The van der Waals surface area contributed by atoms with Crippen LogP contribution in [0, 0.1) is 5.92 Å². The summed E-state index contributed by atoms with van der Waals surface area (Å²) in [4.78, 5) is 21.9. The fourth-order valence-electron chi connectivity index (χ4n) is 1.65. The summed E-state index contributed by atoms with van der Waals surface area (Å²) in [7, 11) is 0. The summed E-state index contributed by atoms with van der Waals surface area (Å²) in [6, 6.07) is 0. The predicted molar refractivity (Wildman–Crippen MR) is 59.9 cm³/mol. The van der Waals surface area contributed by atoms with Crippen LogP contribution in [0.1, 0.15) is 12.8 Å². The van der Waals surface area contributed by atoms with Crippen molar-refractivity contribution in [1.29, 1.82) is 0 Å². The lowest BCUT2D eigenvalue weighted by Crippen LogP contribution is -2.39. The van der Waals surface area contributed by atoms with Crippen molar-refractivity contribution in [2.75, 3.05) is 19.6 Å². The second kappa shape index (κ2) is 6.55. The molecule has 1 amide bonds. The zero-order valence-electron chi connectivity index (χ0n) is 10.2. The molecule has 0 radical (unpaired) electrons. The number of halogens is 3. The molecule has 108 valence electrons. The van der Waals surface area contributed by atoms with Gasteiger partial charge in [0.2, 0.25) is 0 Å². The topological polar surface area (TPSA) is 67.4 Å². The summed E-state index contributed by atoms with van der Waals surface area (Å²) >= 11 is 0. The maximum atomic E-state index is 11.9. The van der Waals surface area contributed by atoms with E-state index in [2.05, 4.69) is 21.9 Å². The normalized spacial score (nSPS) is 19.6. The van der Waals surface area contributed by atoms with Gasteiger partial charge < -0.3 is 15.4 Å². The molecule has 1 heterocycles. The number of nitrogens with one attached hydrogen (secondary N) is 2. The van der Waals surface area contributed by atoms with Crippen molar-refractivity contribution in [2.45, 2.75) is 19.0 Å². The molecule has 0 aromatic rings. The van der Waals surface area contributed by atoms with Crippen LogP contribution >= 0.6 is 0 Å². The highest BCUT2D eigenvalue weighted by Crippen LogP contribution is 2.18. The van der Waals surface area contributed by atoms with Crippen LogP contribution in [0.5, 0.6) is 0 Å². The molecule has 5 nitrogen and oxygen atoms in total. The molecule has 0 aliphatic carbocycles. The molecule has 8 heteroatoms. The number of amides is 1. The van der Waals surface area contributed by atoms with E-state index in [-0.39, 0.29) is 5.92 Å². The minimum atomic E-state index is -5.14. The number of hydrogen-bond donors (Lipinski definition) is 2. The number of alkyl halides is 3. The zero-order valence-corrected chi connectivity index (χ0v) is 10.2. The molecule has 0 bridgehead atoms. The van der Waals surface area contributed by atoms with Crippen molar-refractivity contribution < 1.29 is 27.5 Å². The summed E-state index contributed by atoms with van der Waals surface area (Å²) < 4.78 is 39.5. The van der Waals surface area contributed by atoms with Gasteiger partial charge in [-0.15, -0.1) is 0 Å². The third kappa shape index (κ3) is 5.29. The molecule has 0 saturated carbocycles. The second-order valence-electron chi connectivity index (χ2n) is 4.23. The van der Waals surface area contributed by atoms with Gasteiger partial charge in [-0.1, -0.05) is 6.58 Å². The highest BCUT2D eigenvalue weighted by molar-refractivity contribution is 5.93. The number of ether oxygens (including phenoxy) is 1. The molecule has 1 aliphatic heterocycles. The van der Waals surface area contributed by atoms with Gasteiger partial charge in [-0.05, 0) is 31.8 Å². The highest BCUT2D eigenvalue weighted by atomic mass is 19.4. The average molecular weight is 280 g/mol. The SMILES string of the molecule is C=C(OC(=O)C(F)(F)F)C(=O)NC[C@H]1CCCNC1. The smallest absolute Gasteiger partial charge is 0.415 e. The monoisotopic (exact) mass is 280 g/mol. The van der Waals surface area contributed by atoms with Crippen LogP contribution < -0.4 is 10.6 Å². The molecule has 0 aromatic heterocycles. The summed E-state index contributed by atoms with van der Waals surface area (Å²) in [6.07, 6.45) is -3.25. The van der Waals surface area contributed by atoms with Gasteiger partial charge >= 0.3 is 12.1 Å². The Balaban J connectivity index is 2.32. The lowest BCUT2D eigenvalue weighted by atomic mass is 10.00. The van der Waals surface area contributed by atoms with Crippen LogP contribution in [0.4, 0.5) is 13.2 Å². The summed E-state index contributed by atoms with van der Waals surface area (Å²) in [5.41, 5.74) is 0. The predicted octanol–water partition coefficient (Wildman–Crippen LogP) is 0.721. The van der Waals surface area contributed by atoms with E-state index in [9.17, 15) is 22.8 Å². The van der Waals surface area contributed by atoms with E-state index in [1.165, 1.54) is 0 Å². The summed E-state index contributed by atoms with van der Waals surface area (Å²) in [6.45, 7) is 4.95. The Labute approximate surface area is 108 Å². The van der Waals surface area contributed by atoms with E-state index in [0.29, 0.717) is 6.54 Å². The molecule has 1 atom stereocenters. The maximum absolute atomic E-state index is 11.9. The first kappa shape index (κ1) is 15.5. The summed E-state index contributed by atoms with van der Waals surface area (Å²) in [5.74, 6) is -4.01. The van der Waals surface area contributed by atoms with Crippen molar-refractivity contribution in [2.24, 2.45) is 5.92 Å². The lowest BCUT2D eigenvalue weighted by molar-refractivity contribution is -0.195. The van der Waals surface area contributed by atoms with Crippen molar-refractivity contribution >= 4 is 11.9 Å². The highest BCUT2D eigenvalue weighted by Gasteiger charge is 2.42. The molecular formula is C11H15F3N2O3. The van der Waals surface area contributed by atoms with E-state index in [4.69, 9.17) is 0 Å². The van der Waals surface area contributed by atoms with E-state index in [1.54, 1.807) is 0 Å². The van der Waals surface area contributed by atoms with Gasteiger partial charge in [-0.25, -0.2) is 4.79 Å². The number of piperidine rings is 1. The standard InChI is InChI=1S/C11H15F3N2O3/c1-7(19-10(18)11(12,13)14)9(17)16-6-8-3-2-4-15-5-8/h8,15H,1-6H2,(H,16,17)/t8-/m0/s1. The third-order valence-corrected chi connectivity index (χ3v) is 2.65. The van der Waals surface area contributed by atoms with Crippen LogP contribution in [-0.4, -0.2) is 37.7 Å². The molecule has 1 aliphatic rings. The fraction of sp³-hybridized carbons (Fsp3) is 0.636. The van der Waals surface area contributed by atoms with Crippen LogP contribution in [0.25, 0.3) is 0 Å². The Morgan fingerprint density at radius 1 is 1.42 bits per heavy atom. The summed E-state index contributed by atoms with van der Waals surface area (Å²) in [5, 5.41) is 5.52. The van der Waals surface area contributed by atoms with Crippen LogP contribution in [-0.2, 0) is 14.3 Å². The van der Waals surface area contributed by atoms with Crippen molar-refractivity contribution in [3.8, 4) is 0 Å². The van der Waals surface area contributed by atoms with Gasteiger partial charge in [0.25, 0.3) is 5.91 Å². The molecular weight excluding hydrogens is 265 g/mol. The number of esters is 1. The molecule has 1 saturated heterocycles. The largest absolute Gasteiger partial charge is 0.491 e. The van der Waals surface area contributed by atoms with E-state index in [0.717, 1.165) is 25.9 Å². The van der Waals surface area contributed by atoms with E-state index < -0.39 is 23.8 Å². The number of hydrogen-bond acceptors (Lipinski definition) is 4. The number of carbonyl (C=O) groups is 2. The van der Waals surface area contributed by atoms with Gasteiger partial charge in [-0.2, -0.15) is 13.2 Å². The van der Waals surface area contributed by atoms with Crippen LogP contribution in [0.3, 0.4) is 0 Å². The minimum absolute atomic E-state index is 0.212. The van der Waals surface area contributed by atoms with Gasteiger partial charge in [0.1, 0.15) is 0 Å². The third-order valence-electron chi connectivity index (χ3n) is 2.65. The molecule has 19 heavy (non-hydrogen) atoms. The first-order valence-corrected chi connectivity index (χ1v) is 5.77. The Hall–Kier alpha value is -1.57. The van der Waals surface area contributed by atoms with E-state index in [1.807, 2.05) is 0 Å². The maximum Gasteiger partial charge on any atom is 0.491 e. The molecule has 0 unspecified atom stereocenters. The molecule has 0 aromatic carbocycles. The Morgan fingerprint density at radius 2 is 2.11 bits per heavy atom. The Bertz CT molecular complexity index is 363. The fourth-order valence-corrected chi connectivity index (χ4v) is 1.65. The average Bonchev–Trinajstić information content (AvgIpc) is 2.35. The van der Waals surface area contributed by atoms with E-state index >= 15 is 0 Å². The lowest BCUT2D eigenvalue weighted by Gasteiger charge is -2.22. The number of carbonyl (C=O) groups excluding carboxylic acids is 2. The second-order valence-corrected chi connectivity index (χ2v) is 4.23. The van der Waals surface area contributed by atoms with Crippen LogP contribution in [0.15, 0.2) is 12.3 Å². The van der Waals surface area contributed by atoms with Gasteiger partial charge in [0, 0.05) is 6.54 Å². The molecule has 1 rings (SSSR count). The van der Waals surface area contributed by atoms with Gasteiger partial charge in [-0.3, -0.25) is 4.79 Å². The van der Waals surface area contributed by atoms with Crippen LogP contribution in [0.2, 0.25) is 0 Å². The molecule has 2 N–H and O–H groups in total. The van der Waals surface area contributed by atoms with Crippen molar-refractivity contribution in [3.05, 3.63) is 12.3 Å². The van der Waals surface area contributed by atoms with Gasteiger partial charge in [0.15, 0.2) is 5.76 Å². The first-order valence-electron chi connectivity index (χ1n) is 5.77. The number of rotatable bonds is 4. The quantitative estimate of drug-likeness (QED) is 0.452. The first-order chi connectivity index (χ1) is 8.80. The van der Waals surface area contributed by atoms with Gasteiger partial charge in [0.05, 0.1) is 0 Å². The zero-order chi connectivity index (χ0) is 14.5. The van der Waals surface area contributed by atoms with Crippen molar-refractivity contribution in [1.82, 2.24) is 10.6 Å². The Kier molecular flexibility index (Phi) is 5.34. The molecule has 1 fully saturated rings. The Morgan fingerprint density at radius 3 is 2.63 bits per heavy atom. The molecule has 0 spiro atoms. The minimum Gasteiger partial charge on any atom is -0.415 e.